The fourth-order valence-electron chi connectivity index (χ4n) is 0.279. The predicted octanol–water partition coefficient (Wildman–Crippen LogP) is 0.983. The van der Waals surface area contributed by atoms with Gasteiger partial charge in [-0.05, 0) is 6.92 Å². The number of aryl methyl sites for hydroxylation is 1. The Bertz CT molecular complexity index is 115. The second kappa shape index (κ2) is 3.47. The SMILES string of the molecule is Cc1ccno1.[Ar]. The Morgan fingerprint density at radius 2 is 2.43 bits per heavy atom. The maximum absolute atomic E-state index is 4.58. The Morgan fingerprint density at radius 1 is 1.71 bits per heavy atom. The van der Waals surface area contributed by atoms with Crippen molar-refractivity contribution in [2.75, 3.05) is 0 Å². The number of rotatable bonds is 0. The molecule has 0 spiro atoms. The van der Waals surface area contributed by atoms with Crippen molar-refractivity contribution in [1.82, 2.24) is 5.16 Å². The first-order valence-corrected chi connectivity index (χ1v) is 1.77. The van der Waals surface area contributed by atoms with Gasteiger partial charge < -0.3 is 4.52 Å². The number of hydrogen-bond donors (Lipinski definition) is 0. The third kappa shape index (κ3) is 2.32. The molecule has 0 bridgehead atoms. The van der Waals surface area contributed by atoms with E-state index in [-0.39, 0.29) is 37.7 Å². The van der Waals surface area contributed by atoms with Crippen molar-refractivity contribution < 1.29 is 42.3 Å². The van der Waals surface area contributed by atoms with E-state index in [1.54, 1.807) is 12.3 Å². The zero-order valence-electron chi connectivity index (χ0n) is 3.86. The Morgan fingerprint density at radius 3 is 2.57 bits per heavy atom. The molecule has 0 amide bonds. The quantitative estimate of drug-likeness (QED) is 0.514. The monoisotopic (exact) mass is 123 g/mol. The molecule has 0 aromatic carbocycles. The third-order valence-electron chi connectivity index (χ3n) is 0.567. The zero-order valence-corrected chi connectivity index (χ0v) is 4.57. The average Bonchev–Trinajstić information content (AvgIpc) is 1.86. The Balaban J connectivity index is 0.000000360. The van der Waals surface area contributed by atoms with Crippen molar-refractivity contribution in [3.63, 3.8) is 0 Å². The van der Waals surface area contributed by atoms with E-state index in [4.69, 9.17) is 0 Å². The molecule has 0 fully saturated rings. The van der Waals surface area contributed by atoms with Gasteiger partial charge in [-0.2, -0.15) is 0 Å². The van der Waals surface area contributed by atoms with Gasteiger partial charge in [0.2, 0.25) is 0 Å². The van der Waals surface area contributed by atoms with E-state index < -0.39 is 0 Å². The topological polar surface area (TPSA) is 26.0 Å². The van der Waals surface area contributed by atoms with E-state index in [1.807, 2.05) is 6.92 Å². The Kier molecular flexibility index (Phi) is 3.70. The van der Waals surface area contributed by atoms with Gasteiger partial charge in [0, 0.05) is 43.8 Å². The molecule has 7 heavy (non-hydrogen) atoms. The summed E-state index contributed by atoms with van der Waals surface area (Å²) in [5.74, 6) is 0.856. The number of nitrogens with zero attached hydrogens (tertiary/aromatic N) is 1. The van der Waals surface area contributed by atoms with Crippen LogP contribution >= 0.6 is 0 Å². The minimum Gasteiger partial charge on any atom is -0.362 e. The maximum atomic E-state index is 4.58. The fraction of sp³-hybridized carbons (Fsp3) is 0.250. The van der Waals surface area contributed by atoms with Gasteiger partial charge in [-0.15, -0.1) is 0 Å². The first-order valence-electron chi connectivity index (χ1n) is 1.77. The minimum atomic E-state index is 0. The van der Waals surface area contributed by atoms with Crippen molar-refractivity contribution in [3.05, 3.63) is 18.0 Å². The van der Waals surface area contributed by atoms with E-state index in [9.17, 15) is 0 Å². The molecule has 1 rings (SSSR count). The Hall–Kier alpha value is 0.470. The van der Waals surface area contributed by atoms with Crippen molar-refractivity contribution in [3.8, 4) is 0 Å². The summed E-state index contributed by atoms with van der Waals surface area (Å²) in [7, 11) is 0. The van der Waals surface area contributed by atoms with Crippen LogP contribution in [0.25, 0.3) is 0 Å². The molecule has 0 aliphatic heterocycles. The van der Waals surface area contributed by atoms with E-state index in [1.165, 1.54) is 0 Å². The molecule has 0 atom stereocenters. The van der Waals surface area contributed by atoms with Gasteiger partial charge in [0.05, 0.1) is 6.20 Å². The average molecular weight is 123 g/mol. The molecule has 1 heterocycles. The first kappa shape index (κ1) is 7.47. The summed E-state index contributed by atoms with van der Waals surface area (Å²) in [6, 6.07) is 1.81. The van der Waals surface area contributed by atoms with Gasteiger partial charge in [0.1, 0.15) is 5.76 Å². The van der Waals surface area contributed by atoms with E-state index in [0.29, 0.717) is 0 Å². The maximum Gasteiger partial charge on any atom is 0.133 e. The van der Waals surface area contributed by atoms with Crippen LogP contribution in [0, 0.1) is 44.7 Å². The largest absolute Gasteiger partial charge is 0.362 e. The van der Waals surface area contributed by atoms with Gasteiger partial charge in [-0.3, -0.25) is 0 Å². The van der Waals surface area contributed by atoms with Gasteiger partial charge in [-0.1, -0.05) is 5.16 Å². The van der Waals surface area contributed by atoms with Crippen LogP contribution in [0.2, 0.25) is 0 Å². The summed E-state index contributed by atoms with van der Waals surface area (Å²) in [5, 5.41) is 3.45. The molecule has 0 radical (unpaired) electrons. The summed E-state index contributed by atoms with van der Waals surface area (Å²) < 4.78 is 4.58. The van der Waals surface area contributed by atoms with Crippen LogP contribution in [0.1, 0.15) is 5.76 Å². The standard InChI is InChI=1S/C4H5NO.Ar/c1-4-2-3-5-6-4;/h2-3H,1H3;. The Labute approximate surface area is 71.9 Å². The zero-order chi connectivity index (χ0) is 4.41. The molecule has 0 aliphatic carbocycles. The smallest absolute Gasteiger partial charge is 0.133 e. The molecule has 0 N–H and O–H groups in total. The normalized spacial score (nSPS) is 7.57. The molecule has 1 aromatic heterocycles. The molecule has 3 heteroatoms. The van der Waals surface area contributed by atoms with Crippen molar-refractivity contribution in [2.45, 2.75) is 6.92 Å². The van der Waals surface area contributed by atoms with Crippen LogP contribution in [0.5, 0.6) is 0 Å². The second-order valence-corrected chi connectivity index (χ2v) is 1.12. The van der Waals surface area contributed by atoms with Crippen molar-refractivity contribution in [1.29, 1.82) is 0 Å². The molecule has 1 aromatic rings. The summed E-state index contributed by atoms with van der Waals surface area (Å²) >= 11 is 0. The molecular weight excluding hydrogens is 118 g/mol. The van der Waals surface area contributed by atoms with Crippen LogP contribution < -0.4 is 0 Å². The van der Waals surface area contributed by atoms with Crippen molar-refractivity contribution >= 4 is 0 Å². The van der Waals surface area contributed by atoms with Crippen LogP contribution in [-0.2, 0) is 0 Å². The van der Waals surface area contributed by atoms with Crippen LogP contribution in [-0.4, -0.2) is 5.16 Å². The first-order chi connectivity index (χ1) is 2.89. The third-order valence-corrected chi connectivity index (χ3v) is 0.567. The second-order valence-electron chi connectivity index (χ2n) is 1.12. The van der Waals surface area contributed by atoms with Crippen LogP contribution in [0.3, 0.4) is 0 Å². The number of hydrogen-bond acceptors (Lipinski definition) is 2. The molecular formula is C4H5ArNO. The minimum absolute atomic E-state index is 0. The molecule has 0 unspecified atom stereocenters. The van der Waals surface area contributed by atoms with Crippen LogP contribution in [0.4, 0.5) is 0 Å². The van der Waals surface area contributed by atoms with Crippen LogP contribution in [0.15, 0.2) is 16.8 Å². The van der Waals surface area contributed by atoms with Gasteiger partial charge in [0.15, 0.2) is 0 Å². The van der Waals surface area contributed by atoms with Crippen molar-refractivity contribution in [2.24, 2.45) is 0 Å². The molecule has 0 saturated heterocycles. The van der Waals surface area contributed by atoms with E-state index in [2.05, 4.69) is 9.68 Å². The fourth-order valence-corrected chi connectivity index (χ4v) is 0.279. The predicted molar refractivity (Wildman–Crippen MR) is 21.2 cm³/mol. The molecule has 40 valence electrons. The summed E-state index contributed by atoms with van der Waals surface area (Å²) in [6.45, 7) is 1.85. The van der Waals surface area contributed by atoms with E-state index >= 15 is 0 Å². The molecule has 0 aliphatic rings. The van der Waals surface area contributed by atoms with Gasteiger partial charge in [-0.25, -0.2) is 0 Å². The molecule has 0 saturated carbocycles. The van der Waals surface area contributed by atoms with E-state index in [0.717, 1.165) is 5.76 Å². The van der Waals surface area contributed by atoms with Gasteiger partial charge >= 0.3 is 0 Å². The summed E-state index contributed by atoms with van der Waals surface area (Å²) in [5.41, 5.74) is 0. The summed E-state index contributed by atoms with van der Waals surface area (Å²) in [6.07, 6.45) is 1.62. The number of aromatic nitrogens is 1. The van der Waals surface area contributed by atoms with Gasteiger partial charge in [0.25, 0.3) is 0 Å². The summed E-state index contributed by atoms with van der Waals surface area (Å²) in [4.78, 5) is 0. The molecule has 2 nitrogen and oxygen atoms in total.